The molecule has 51 heavy (non-hydrogen) atoms. The van der Waals surface area contributed by atoms with Gasteiger partial charge in [-0.1, -0.05) is 48.8 Å². The number of phenols is 1. The fourth-order valence-electron chi connectivity index (χ4n) is 7.31. The van der Waals surface area contributed by atoms with Crippen molar-refractivity contribution in [3.05, 3.63) is 88.9 Å². The van der Waals surface area contributed by atoms with E-state index in [0.717, 1.165) is 75.4 Å². The molecular weight excluding hydrogens is 743 g/mol. The second-order valence-electron chi connectivity index (χ2n) is 14.4. The molecule has 8 nitrogen and oxygen atoms in total. The van der Waals surface area contributed by atoms with Gasteiger partial charge in [0.05, 0.1) is 27.3 Å². The van der Waals surface area contributed by atoms with E-state index in [0.29, 0.717) is 23.6 Å². The van der Waals surface area contributed by atoms with Gasteiger partial charge in [0.2, 0.25) is 0 Å². The smallest absolute Gasteiger partial charge is 0.506 e. The Hall–Kier alpha value is -4.33. The van der Waals surface area contributed by atoms with Gasteiger partial charge in [0.15, 0.2) is 0 Å². The number of nitrogens with one attached hydrogen (secondary N) is 2. The van der Waals surface area contributed by atoms with Crippen molar-refractivity contribution in [3.63, 3.8) is 0 Å². The number of aromatic hydroxyl groups is 1. The molecular formula is C38H37BrF3N5O3S. The molecule has 13 heteroatoms. The van der Waals surface area contributed by atoms with Crippen LogP contribution in [0.2, 0.25) is 0 Å². The number of anilines is 4. The number of hydrogen-bond acceptors (Lipinski definition) is 7. The average molecular weight is 781 g/mol. The molecule has 0 saturated carbocycles. The Balaban J connectivity index is 1.24. The van der Waals surface area contributed by atoms with Crippen LogP contribution >= 0.6 is 27.3 Å². The van der Waals surface area contributed by atoms with Gasteiger partial charge in [0, 0.05) is 34.2 Å². The fourth-order valence-corrected chi connectivity index (χ4v) is 8.86. The molecule has 0 atom stereocenters. The van der Waals surface area contributed by atoms with Gasteiger partial charge in [0.25, 0.3) is 0 Å². The van der Waals surface area contributed by atoms with Crippen molar-refractivity contribution in [3.8, 4) is 22.1 Å². The summed E-state index contributed by atoms with van der Waals surface area (Å²) < 4.78 is 43.8. The highest BCUT2D eigenvalue weighted by Crippen LogP contribution is 2.57. The maximum Gasteiger partial charge on any atom is 0.573 e. The molecule has 1 saturated heterocycles. The molecule has 7 rings (SSSR count). The summed E-state index contributed by atoms with van der Waals surface area (Å²) in [4.78, 5) is 22.9. The molecule has 4 aromatic carbocycles. The molecule has 0 radical (unpaired) electrons. The number of ether oxygens (including phenoxy) is 1. The highest BCUT2D eigenvalue weighted by atomic mass is 79.9. The summed E-state index contributed by atoms with van der Waals surface area (Å²) in [5.41, 5.74) is 5.03. The molecule has 2 aliphatic heterocycles. The van der Waals surface area contributed by atoms with Crippen molar-refractivity contribution in [2.75, 3.05) is 41.7 Å². The first-order valence-electron chi connectivity index (χ1n) is 16.6. The number of urea groups is 1. The Labute approximate surface area is 306 Å². The van der Waals surface area contributed by atoms with Gasteiger partial charge in [-0.05, 0) is 104 Å². The van der Waals surface area contributed by atoms with E-state index in [2.05, 4.69) is 67.9 Å². The highest BCUT2D eigenvalue weighted by molar-refractivity contribution is 9.10. The number of rotatable bonds is 6. The zero-order valence-electron chi connectivity index (χ0n) is 28.3. The van der Waals surface area contributed by atoms with E-state index < -0.39 is 12.4 Å². The van der Waals surface area contributed by atoms with Crippen molar-refractivity contribution in [2.24, 2.45) is 5.41 Å². The van der Waals surface area contributed by atoms with Crippen LogP contribution < -0.4 is 20.3 Å². The second kappa shape index (κ2) is 13.3. The highest BCUT2D eigenvalue weighted by Gasteiger charge is 2.49. The SMILES string of the molecule is CC(C)(C)CN1CCC2(CC1)CN(c1ccccc1NC(=O)Nc1ccc(OC(F)(F)F)cc1)c1c(O)ccc(-c3nc4ccc(Br)cc4s3)c12. The van der Waals surface area contributed by atoms with Gasteiger partial charge >= 0.3 is 12.4 Å². The van der Waals surface area contributed by atoms with Crippen LogP contribution in [-0.4, -0.2) is 53.6 Å². The largest absolute Gasteiger partial charge is 0.573 e. The minimum atomic E-state index is -4.81. The maximum atomic E-state index is 13.3. The van der Waals surface area contributed by atoms with Gasteiger partial charge in [-0.3, -0.25) is 0 Å². The minimum Gasteiger partial charge on any atom is -0.506 e. The van der Waals surface area contributed by atoms with E-state index in [1.54, 1.807) is 23.5 Å². The number of piperidine rings is 1. The number of fused-ring (bicyclic) bond motifs is 3. The van der Waals surface area contributed by atoms with Gasteiger partial charge < -0.3 is 30.3 Å². The number of amides is 2. The lowest BCUT2D eigenvalue weighted by Crippen LogP contribution is -2.47. The topological polar surface area (TPSA) is 90.0 Å². The van der Waals surface area contributed by atoms with Crippen molar-refractivity contribution in [1.82, 2.24) is 9.88 Å². The number of phenolic OH excluding ortho intramolecular Hbond substituents is 1. The molecule has 2 aliphatic rings. The summed E-state index contributed by atoms with van der Waals surface area (Å²) in [5.74, 6) is -0.241. The third-order valence-corrected chi connectivity index (χ3v) is 10.8. The maximum absolute atomic E-state index is 13.3. The van der Waals surface area contributed by atoms with Crippen LogP contribution in [0.5, 0.6) is 11.5 Å². The van der Waals surface area contributed by atoms with Gasteiger partial charge in [-0.15, -0.1) is 24.5 Å². The monoisotopic (exact) mass is 779 g/mol. The number of hydrogen-bond donors (Lipinski definition) is 3. The molecule has 1 spiro atoms. The minimum absolute atomic E-state index is 0.145. The number of likely N-dealkylation sites (tertiary alicyclic amines) is 1. The van der Waals surface area contributed by atoms with E-state index in [-0.39, 0.29) is 28.0 Å². The first kappa shape index (κ1) is 35.1. The predicted molar refractivity (Wildman–Crippen MR) is 200 cm³/mol. The number of aromatic nitrogens is 1. The number of carbonyl (C=O) groups excluding carboxylic acids is 1. The van der Waals surface area contributed by atoms with Crippen LogP contribution in [0.15, 0.2) is 83.3 Å². The lowest BCUT2D eigenvalue weighted by atomic mass is 9.72. The van der Waals surface area contributed by atoms with Crippen molar-refractivity contribution in [2.45, 2.75) is 45.4 Å². The van der Waals surface area contributed by atoms with E-state index in [4.69, 9.17) is 4.98 Å². The zero-order valence-corrected chi connectivity index (χ0v) is 30.7. The Kier molecular flexibility index (Phi) is 9.17. The number of nitrogens with zero attached hydrogens (tertiary/aromatic N) is 3. The molecule has 3 N–H and O–H groups in total. The summed E-state index contributed by atoms with van der Waals surface area (Å²) in [5, 5.41) is 18.1. The van der Waals surface area contributed by atoms with E-state index in [9.17, 15) is 23.1 Å². The number of alkyl halides is 3. The molecule has 5 aromatic rings. The van der Waals surface area contributed by atoms with E-state index in [1.807, 2.05) is 36.4 Å². The standard InChI is InChI=1S/C38H37BrF3N5O3S/c1-36(2,3)21-46-18-16-37(17-19-46)22-47(33-30(48)15-13-26(32(33)37)34-44-28-14-8-23(39)20-31(28)51-34)29-7-5-4-6-27(29)45-35(49)43-24-9-11-25(12-10-24)50-38(40,41)42/h4-15,20,48H,16-19,21-22H2,1-3H3,(H2,43,45,49). The number of thiazole rings is 1. The molecule has 0 aliphatic carbocycles. The average Bonchev–Trinajstić information content (AvgIpc) is 3.62. The van der Waals surface area contributed by atoms with Crippen LogP contribution in [0.25, 0.3) is 20.8 Å². The Morgan fingerprint density at radius 1 is 1.00 bits per heavy atom. The first-order chi connectivity index (χ1) is 24.2. The summed E-state index contributed by atoms with van der Waals surface area (Å²) in [6.07, 6.45) is -3.06. The van der Waals surface area contributed by atoms with E-state index >= 15 is 0 Å². The third kappa shape index (κ3) is 7.51. The summed E-state index contributed by atoms with van der Waals surface area (Å²) in [6.45, 7) is 10.1. The Morgan fingerprint density at radius 3 is 2.43 bits per heavy atom. The quantitative estimate of drug-likeness (QED) is 0.159. The second-order valence-corrected chi connectivity index (χ2v) is 16.3. The van der Waals surface area contributed by atoms with Crippen molar-refractivity contribution in [1.29, 1.82) is 0 Å². The summed E-state index contributed by atoms with van der Waals surface area (Å²) in [6, 6.07) is 21.5. The Morgan fingerprint density at radius 2 is 1.73 bits per heavy atom. The zero-order chi connectivity index (χ0) is 36.1. The van der Waals surface area contributed by atoms with E-state index in [1.165, 1.54) is 12.1 Å². The first-order valence-corrected chi connectivity index (χ1v) is 18.2. The van der Waals surface area contributed by atoms with Crippen LogP contribution in [0.1, 0.15) is 39.2 Å². The third-order valence-electron chi connectivity index (χ3n) is 9.30. The van der Waals surface area contributed by atoms with Crippen molar-refractivity contribution >= 4 is 66.3 Å². The van der Waals surface area contributed by atoms with Crippen LogP contribution in [-0.2, 0) is 5.41 Å². The van der Waals surface area contributed by atoms with Crippen LogP contribution in [0.3, 0.4) is 0 Å². The van der Waals surface area contributed by atoms with Gasteiger partial charge in [-0.25, -0.2) is 9.78 Å². The number of para-hydroxylation sites is 2. The lowest BCUT2D eigenvalue weighted by Gasteiger charge is -2.42. The number of carbonyl (C=O) groups is 1. The molecule has 266 valence electrons. The van der Waals surface area contributed by atoms with Gasteiger partial charge in [-0.2, -0.15) is 0 Å². The molecule has 1 fully saturated rings. The molecule has 0 unspecified atom stereocenters. The van der Waals surface area contributed by atoms with Crippen LogP contribution in [0.4, 0.5) is 40.7 Å². The van der Waals surface area contributed by atoms with Crippen molar-refractivity contribution < 1.29 is 27.8 Å². The molecule has 0 bridgehead atoms. The van der Waals surface area contributed by atoms with Gasteiger partial charge in [0.1, 0.15) is 16.5 Å². The summed E-state index contributed by atoms with van der Waals surface area (Å²) >= 11 is 5.21. The van der Waals surface area contributed by atoms with Crippen LogP contribution in [0, 0.1) is 5.41 Å². The fraction of sp³-hybridized carbons (Fsp3) is 0.316. The Bertz CT molecular complexity index is 2090. The lowest BCUT2D eigenvalue weighted by molar-refractivity contribution is -0.274. The predicted octanol–water partition coefficient (Wildman–Crippen LogP) is 10.5. The summed E-state index contributed by atoms with van der Waals surface area (Å²) in [7, 11) is 0. The number of halogens is 4. The normalized spacial score (nSPS) is 16.0. The number of benzene rings is 4. The molecule has 2 amide bonds. The molecule has 3 heterocycles. The molecule has 1 aromatic heterocycles.